The Hall–Kier alpha value is -2.94. The highest BCUT2D eigenvalue weighted by Gasteiger charge is 2.27. The van der Waals surface area contributed by atoms with Gasteiger partial charge in [-0.1, -0.05) is 30.4 Å². The van der Waals surface area contributed by atoms with Gasteiger partial charge in [0.05, 0.1) is 21.9 Å². The first kappa shape index (κ1) is 19.4. The highest BCUT2D eigenvalue weighted by molar-refractivity contribution is 7.12. The zero-order valence-corrected chi connectivity index (χ0v) is 16.9. The lowest BCUT2D eigenvalue weighted by atomic mass is 9.96. The van der Waals surface area contributed by atoms with Crippen molar-refractivity contribution in [2.45, 2.75) is 32.2 Å². The Bertz CT molecular complexity index is 1060. The predicted molar refractivity (Wildman–Crippen MR) is 113 cm³/mol. The molecule has 150 valence electrons. The number of allylic oxidation sites excluding steroid dienone is 1. The zero-order valence-electron chi connectivity index (χ0n) is 16.1. The van der Waals surface area contributed by atoms with Crippen LogP contribution in [0, 0.1) is 19.1 Å². The summed E-state index contributed by atoms with van der Waals surface area (Å²) in [7, 11) is 0. The molecule has 2 heterocycles. The van der Waals surface area contributed by atoms with Crippen LogP contribution in [-0.2, 0) is 0 Å². The van der Waals surface area contributed by atoms with Crippen molar-refractivity contribution < 1.29 is 10.0 Å². The SMILES string of the molecule is Cc1nn(-c2ccccc2N([O-])O)c(C)c1[C@H]1C=C[C@@H](NC(=O)c2cccs2)C1. The summed E-state index contributed by atoms with van der Waals surface area (Å²) in [6.07, 6.45) is 4.87. The normalized spacial score (nSPS) is 18.2. The summed E-state index contributed by atoms with van der Waals surface area (Å²) >= 11 is 1.42. The minimum Gasteiger partial charge on any atom is -0.733 e. The largest absolute Gasteiger partial charge is 0.733 e. The van der Waals surface area contributed by atoms with Crippen LogP contribution in [0.15, 0.2) is 53.9 Å². The summed E-state index contributed by atoms with van der Waals surface area (Å²) < 4.78 is 1.69. The van der Waals surface area contributed by atoms with E-state index in [9.17, 15) is 15.2 Å². The van der Waals surface area contributed by atoms with Crippen molar-refractivity contribution in [1.82, 2.24) is 15.1 Å². The molecule has 0 fully saturated rings. The fourth-order valence-corrected chi connectivity index (χ4v) is 4.53. The number of nitrogens with zero attached hydrogens (tertiary/aromatic N) is 3. The fourth-order valence-electron chi connectivity index (χ4n) is 3.90. The van der Waals surface area contributed by atoms with Crippen LogP contribution in [0.4, 0.5) is 5.69 Å². The second-order valence-electron chi connectivity index (χ2n) is 7.04. The molecular weight excluding hydrogens is 388 g/mol. The Balaban J connectivity index is 1.57. The summed E-state index contributed by atoms with van der Waals surface area (Å²) in [6, 6.07) is 10.4. The van der Waals surface area contributed by atoms with Crippen LogP contribution in [0.1, 0.15) is 39.0 Å². The number of benzene rings is 1. The number of aryl methyl sites for hydroxylation is 1. The lowest BCUT2D eigenvalue weighted by Gasteiger charge is -2.24. The molecule has 0 bridgehead atoms. The van der Waals surface area contributed by atoms with Crippen molar-refractivity contribution in [2.24, 2.45) is 0 Å². The monoisotopic (exact) mass is 409 g/mol. The number of aromatic nitrogens is 2. The molecule has 1 amide bonds. The van der Waals surface area contributed by atoms with Gasteiger partial charge in [-0.05, 0) is 43.8 Å². The number of anilines is 1. The Morgan fingerprint density at radius 3 is 2.79 bits per heavy atom. The summed E-state index contributed by atoms with van der Waals surface area (Å²) in [4.78, 5) is 13.0. The van der Waals surface area contributed by atoms with Gasteiger partial charge in [0.15, 0.2) is 0 Å². The second-order valence-corrected chi connectivity index (χ2v) is 7.99. The van der Waals surface area contributed by atoms with Gasteiger partial charge in [-0.25, -0.2) is 4.68 Å². The van der Waals surface area contributed by atoms with Crippen LogP contribution < -0.4 is 10.5 Å². The van der Waals surface area contributed by atoms with Crippen molar-refractivity contribution in [3.8, 4) is 5.69 Å². The average Bonchev–Trinajstić information content (AvgIpc) is 3.43. The quantitative estimate of drug-likeness (QED) is 0.489. The van der Waals surface area contributed by atoms with E-state index in [1.54, 1.807) is 28.9 Å². The first-order valence-electron chi connectivity index (χ1n) is 9.30. The van der Waals surface area contributed by atoms with E-state index in [0.717, 1.165) is 23.4 Å². The molecule has 0 saturated carbocycles. The Morgan fingerprint density at radius 2 is 2.07 bits per heavy atom. The van der Waals surface area contributed by atoms with Gasteiger partial charge >= 0.3 is 0 Å². The number of rotatable bonds is 5. The molecule has 0 saturated heterocycles. The van der Waals surface area contributed by atoms with E-state index in [4.69, 9.17) is 0 Å². The average molecular weight is 409 g/mol. The molecule has 8 heteroatoms. The van der Waals surface area contributed by atoms with Crippen LogP contribution in [0.5, 0.6) is 0 Å². The number of hydrogen-bond donors (Lipinski definition) is 2. The molecule has 2 atom stereocenters. The van der Waals surface area contributed by atoms with Crippen molar-refractivity contribution in [3.63, 3.8) is 0 Å². The molecule has 7 nitrogen and oxygen atoms in total. The molecule has 29 heavy (non-hydrogen) atoms. The zero-order chi connectivity index (χ0) is 20.5. The van der Waals surface area contributed by atoms with Gasteiger partial charge in [0.25, 0.3) is 5.91 Å². The topological polar surface area (TPSA) is 93.5 Å². The van der Waals surface area contributed by atoms with E-state index >= 15 is 0 Å². The van der Waals surface area contributed by atoms with Crippen LogP contribution in [-0.4, -0.2) is 26.9 Å². The lowest BCUT2D eigenvalue weighted by Crippen LogP contribution is -2.32. The molecule has 3 aromatic rings. The van der Waals surface area contributed by atoms with Crippen LogP contribution in [0.3, 0.4) is 0 Å². The fraction of sp³-hybridized carbons (Fsp3) is 0.238. The summed E-state index contributed by atoms with van der Waals surface area (Å²) in [6.45, 7) is 3.88. The molecule has 0 aliphatic heterocycles. The highest BCUT2D eigenvalue weighted by atomic mass is 32.1. The van der Waals surface area contributed by atoms with E-state index in [1.807, 2.05) is 37.4 Å². The molecule has 1 aliphatic carbocycles. The number of amides is 1. The third-order valence-corrected chi connectivity index (χ3v) is 6.05. The molecule has 2 aromatic heterocycles. The minimum absolute atomic E-state index is 0.0430. The number of thiophene rings is 1. The van der Waals surface area contributed by atoms with Gasteiger partial charge in [0.2, 0.25) is 0 Å². The lowest BCUT2D eigenvalue weighted by molar-refractivity contribution is 0.0948. The Labute approximate surface area is 172 Å². The van der Waals surface area contributed by atoms with E-state index in [-0.39, 0.29) is 28.8 Å². The van der Waals surface area contributed by atoms with Gasteiger partial charge in [0.1, 0.15) is 0 Å². The van der Waals surface area contributed by atoms with Crippen LogP contribution in [0.25, 0.3) is 5.69 Å². The maximum atomic E-state index is 12.3. The van der Waals surface area contributed by atoms with Crippen LogP contribution in [0.2, 0.25) is 0 Å². The van der Waals surface area contributed by atoms with Crippen molar-refractivity contribution in [3.05, 3.63) is 81.0 Å². The van der Waals surface area contributed by atoms with E-state index in [2.05, 4.69) is 16.5 Å². The van der Waals surface area contributed by atoms with Gasteiger partial charge < -0.3 is 15.8 Å². The highest BCUT2D eigenvalue weighted by Crippen LogP contribution is 2.35. The number of hydrogen-bond acceptors (Lipinski definition) is 6. The number of para-hydroxylation sites is 2. The molecule has 0 unspecified atom stereocenters. The van der Waals surface area contributed by atoms with Crippen molar-refractivity contribution in [2.75, 3.05) is 5.23 Å². The van der Waals surface area contributed by atoms with E-state index in [1.165, 1.54) is 11.3 Å². The van der Waals surface area contributed by atoms with Crippen molar-refractivity contribution >= 4 is 22.9 Å². The molecular formula is C21H21N4O3S-. The Morgan fingerprint density at radius 1 is 1.28 bits per heavy atom. The molecule has 1 aromatic carbocycles. The molecule has 0 spiro atoms. The summed E-state index contributed by atoms with van der Waals surface area (Å²) in [5.41, 5.74) is 3.47. The number of nitrogens with one attached hydrogen (secondary N) is 1. The van der Waals surface area contributed by atoms with Gasteiger partial charge in [-0.2, -0.15) is 5.10 Å². The minimum atomic E-state index is -0.142. The molecule has 2 N–H and O–H groups in total. The van der Waals surface area contributed by atoms with Gasteiger partial charge in [0, 0.05) is 23.2 Å². The van der Waals surface area contributed by atoms with E-state index < -0.39 is 0 Å². The standard InChI is InChI=1S/C21H21N4O3S/c1-13-20(14(2)24(23-13)17-6-3-4-7-18(17)25(27)28)15-9-10-16(12-15)22-21(26)19-8-5-11-29-19/h3-11,15-16,27H,12H2,1-2H3,(H,22,26)/q-1/t15-,16+/m0/s1. The maximum Gasteiger partial charge on any atom is 0.261 e. The van der Waals surface area contributed by atoms with Gasteiger partial charge in [-0.3, -0.25) is 10.0 Å². The predicted octanol–water partition coefficient (Wildman–Crippen LogP) is 4.09. The smallest absolute Gasteiger partial charge is 0.261 e. The van der Waals surface area contributed by atoms with Crippen molar-refractivity contribution in [1.29, 1.82) is 0 Å². The first-order valence-corrected chi connectivity index (χ1v) is 10.2. The van der Waals surface area contributed by atoms with Gasteiger partial charge in [-0.15, -0.1) is 11.3 Å². The number of carbonyl (C=O) groups excluding carboxylic acids is 1. The Kier molecular flexibility index (Phi) is 5.23. The third kappa shape index (κ3) is 3.69. The molecule has 4 rings (SSSR count). The second kappa shape index (κ2) is 7.82. The molecule has 0 radical (unpaired) electrons. The number of carbonyl (C=O) groups is 1. The summed E-state index contributed by atoms with van der Waals surface area (Å²) in [5, 5.41) is 30.4. The maximum absolute atomic E-state index is 12.3. The third-order valence-electron chi connectivity index (χ3n) is 5.18. The molecule has 1 aliphatic rings. The van der Waals surface area contributed by atoms with E-state index in [0.29, 0.717) is 10.6 Å². The first-order chi connectivity index (χ1) is 14.0. The van der Waals surface area contributed by atoms with Crippen LogP contribution >= 0.6 is 11.3 Å². The summed E-state index contributed by atoms with van der Waals surface area (Å²) in [5.74, 6) is 0.0499.